The number of rotatable bonds is 3. The maximum absolute atomic E-state index is 9.10. The predicted octanol–water partition coefficient (Wildman–Crippen LogP) is 1.43. The molecule has 1 aromatic carbocycles. The van der Waals surface area contributed by atoms with Crippen molar-refractivity contribution >= 4 is 0 Å². The molecule has 16 heavy (non-hydrogen) atoms. The highest BCUT2D eigenvalue weighted by molar-refractivity contribution is 5.33. The molecule has 0 saturated carbocycles. The van der Waals surface area contributed by atoms with Crippen LogP contribution >= 0.6 is 0 Å². The fourth-order valence-corrected chi connectivity index (χ4v) is 1.15. The number of nitrogens with zero attached hydrogens (tertiary/aromatic N) is 2. The summed E-state index contributed by atoms with van der Waals surface area (Å²) in [4.78, 5) is 8.00. The Kier molecular flexibility index (Phi) is 2.98. The van der Waals surface area contributed by atoms with Crippen LogP contribution in [0.15, 0.2) is 36.7 Å². The van der Waals surface area contributed by atoms with E-state index in [1.54, 1.807) is 36.7 Å². The Morgan fingerprint density at radius 3 is 2.25 bits per heavy atom. The standard InChI is InChI=1S/C11H11N3O2/c12-5-11-13-6-10(7-14-11)16-9-3-1-8(15)2-4-9/h1-4,6-7,15H,5,12H2. The molecule has 0 amide bonds. The summed E-state index contributed by atoms with van der Waals surface area (Å²) in [5.74, 6) is 1.91. The Bertz CT molecular complexity index is 454. The van der Waals surface area contributed by atoms with Crippen LogP contribution in [0.25, 0.3) is 0 Å². The molecule has 2 aromatic rings. The molecule has 0 spiro atoms. The summed E-state index contributed by atoms with van der Waals surface area (Å²) >= 11 is 0. The smallest absolute Gasteiger partial charge is 0.164 e. The van der Waals surface area contributed by atoms with E-state index in [0.29, 0.717) is 23.9 Å². The molecular weight excluding hydrogens is 206 g/mol. The summed E-state index contributed by atoms with van der Waals surface area (Å²) in [6, 6.07) is 6.41. The number of aromatic nitrogens is 2. The fraction of sp³-hybridized carbons (Fsp3) is 0.0909. The zero-order chi connectivity index (χ0) is 11.4. The summed E-state index contributed by atoms with van der Waals surface area (Å²) in [5, 5.41) is 9.10. The molecule has 2 rings (SSSR count). The van der Waals surface area contributed by atoms with Gasteiger partial charge in [0.05, 0.1) is 18.9 Å². The summed E-state index contributed by atoms with van der Waals surface area (Å²) in [5.41, 5.74) is 5.38. The van der Waals surface area contributed by atoms with Crippen molar-refractivity contribution in [1.29, 1.82) is 0 Å². The van der Waals surface area contributed by atoms with E-state index in [1.807, 2.05) is 0 Å². The number of aromatic hydroxyl groups is 1. The highest BCUT2D eigenvalue weighted by Crippen LogP contribution is 2.21. The van der Waals surface area contributed by atoms with Gasteiger partial charge in [-0.2, -0.15) is 0 Å². The summed E-state index contributed by atoms with van der Waals surface area (Å²) in [6.45, 7) is 0.305. The zero-order valence-electron chi connectivity index (χ0n) is 8.50. The van der Waals surface area contributed by atoms with E-state index in [2.05, 4.69) is 9.97 Å². The number of phenols is 1. The third-order valence-electron chi connectivity index (χ3n) is 1.94. The van der Waals surface area contributed by atoms with Crippen molar-refractivity contribution in [2.45, 2.75) is 6.54 Å². The molecule has 1 heterocycles. The second-order valence-electron chi connectivity index (χ2n) is 3.14. The number of nitrogens with two attached hydrogens (primary N) is 1. The monoisotopic (exact) mass is 217 g/mol. The van der Waals surface area contributed by atoms with Gasteiger partial charge in [-0.25, -0.2) is 9.97 Å². The van der Waals surface area contributed by atoms with Gasteiger partial charge in [-0.3, -0.25) is 0 Å². The number of hydrogen-bond acceptors (Lipinski definition) is 5. The van der Waals surface area contributed by atoms with Crippen molar-refractivity contribution in [3.05, 3.63) is 42.5 Å². The van der Waals surface area contributed by atoms with E-state index in [4.69, 9.17) is 15.6 Å². The van der Waals surface area contributed by atoms with Gasteiger partial charge in [0.1, 0.15) is 17.3 Å². The lowest BCUT2D eigenvalue weighted by Gasteiger charge is -2.04. The highest BCUT2D eigenvalue weighted by atomic mass is 16.5. The average molecular weight is 217 g/mol. The van der Waals surface area contributed by atoms with Crippen molar-refractivity contribution in [2.24, 2.45) is 5.73 Å². The van der Waals surface area contributed by atoms with Crippen molar-refractivity contribution in [1.82, 2.24) is 9.97 Å². The molecule has 5 heteroatoms. The highest BCUT2D eigenvalue weighted by Gasteiger charge is 1.99. The minimum absolute atomic E-state index is 0.196. The van der Waals surface area contributed by atoms with Crippen LogP contribution in [0.1, 0.15) is 5.82 Å². The molecular formula is C11H11N3O2. The van der Waals surface area contributed by atoms with Gasteiger partial charge in [0, 0.05) is 0 Å². The number of phenolic OH excluding ortho intramolecular Hbond substituents is 1. The molecule has 0 atom stereocenters. The van der Waals surface area contributed by atoms with Gasteiger partial charge < -0.3 is 15.6 Å². The van der Waals surface area contributed by atoms with Crippen LogP contribution in [-0.4, -0.2) is 15.1 Å². The molecule has 82 valence electrons. The summed E-state index contributed by atoms with van der Waals surface area (Å²) in [7, 11) is 0. The molecule has 0 radical (unpaired) electrons. The van der Waals surface area contributed by atoms with E-state index in [-0.39, 0.29) is 5.75 Å². The first kappa shape index (κ1) is 10.4. The van der Waals surface area contributed by atoms with Crippen molar-refractivity contribution in [3.8, 4) is 17.2 Å². The molecule has 0 aliphatic rings. The van der Waals surface area contributed by atoms with E-state index >= 15 is 0 Å². The van der Waals surface area contributed by atoms with Crippen molar-refractivity contribution in [2.75, 3.05) is 0 Å². The minimum Gasteiger partial charge on any atom is -0.508 e. The Hall–Kier alpha value is -2.14. The molecule has 0 aliphatic carbocycles. The lowest BCUT2D eigenvalue weighted by atomic mass is 10.3. The second-order valence-corrected chi connectivity index (χ2v) is 3.14. The lowest BCUT2D eigenvalue weighted by Crippen LogP contribution is -2.02. The van der Waals surface area contributed by atoms with Gasteiger partial charge in [0.2, 0.25) is 0 Å². The third-order valence-corrected chi connectivity index (χ3v) is 1.94. The number of hydrogen-bond donors (Lipinski definition) is 2. The van der Waals surface area contributed by atoms with E-state index < -0.39 is 0 Å². The molecule has 0 saturated heterocycles. The van der Waals surface area contributed by atoms with Gasteiger partial charge in [-0.15, -0.1) is 0 Å². The van der Waals surface area contributed by atoms with Gasteiger partial charge in [0.25, 0.3) is 0 Å². The largest absolute Gasteiger partial charge is 0.508 e. The lowest BCUT2D eigenvalue weighted by molar-refractivity contribution is 0.462. The van der Waals surface area contributed by atoms with Crippen LogP contribution in [-0.2, 0) is 6.54 Å². The third kappa shape index (κ3) is 2.46. The topological polar surface area (TPSA) is 81.3 Å². The van der Waals surface area contributed by atoms with Crippen LogP contribution in [0.3, 0.4) is 0 Å². The second kappa shape index (κ2) is 4.59. The number of benzene rings is 1. The molecule has 1 aromatic heterocycles. The van der Waals surface area contributed by atoms with Gasteiger partial charge in [-0.05, 0) is 24.3 Å². The van der Waals surface area contributed by atoms with E-state index in [1.165, 1.54) is 0 Å². The SMILES string of the molecule is NCc1ncc(Oc2ccc(O)cc2)cn1. The van der Waals surface area contributed by atoms with Crippen molar-refractivity contribution in [3.63, 3.8) is 0 Å². The van der Waals surface area contributed by atoms with Gasteiger partial charge in [-0.1, -0.05) is 0 Å². The van der Waals surface area contributed by atoms with Crippen LogP contribution in [0, 0.1) is 0 Å². The minimum atomic E-state index is 0.196. The maximum Gasteiger partial charge on any atom is 0.164 e. The van der Waals surface area contributed by atoms with Crippen LogP contribution in [0.4, 0.5) is 0 Å². The Morgan fingerprint density at radius 1 is 1.06 bits per heavy atom. The molecule has 0 aliphatic heterocycles. The Balaban J connectivity index is 2.11. The normalized spacial score (nSPS) is 10.1. The quantitative estimate of drug-likeness (QED) is 0.812. The average Bonchev–Trinajstić information content (AvgIpc) is 2.33. The van der Waals surface area contributed by atoms with Crippen LogP contribution in [0.5, 0.6) is 17.2 Å². The molecule has 0 fully saturated rings. The molecule has 0 bridgehead atoms. The Labute approximate surface area is 92.5 Å². The summed E-state index contributed by atoms with van der Waals surface area (Å²) in [6.07, 6.45) is 3.12. The molecule has 0 unspecified atom stereocenters. The first-order valence-electron chi connectivity index (χ1n) is 4.76. The Morgan fingerprint density at radius 2 is 1.69 bits per heavy atom. The predicted molar refractivity (Wildman–Crippen MR) is 58.1 cm³/mol. The molecule has 5 nitrogen and oxygen atoms in total. The number of ether oxygens (including phenoxy) is 1. The van der Waals surface area contributed by atoms with Crippen LogP contribution in [0.2, 0.25) is 0 Å². The van der Waals surface area contributed by atoms with Gasteiger partial charge in [0.15, 0.2) is 5.75 Å². The van der Waals surface area contributed by atoms with Crippen LogP contribution < -0.4 is 10.5 Å². The van der Waals surface area contributed by atoms with Gasteiger partial charge >= 0.3 is 0 Å². The van der Waals surface area contributed by atoms with E-state index in [0.717, 1.165) is 0 Å². The van der Waals surface area contributed by atoms with Crippen molar-refractivity contribution < 1.29 is 9.84 Å². The summed E-state index contributed by atoms with van der Waals surface area (Å²) < 4.78 is 5.46. The maximum atomic E-state index is 9.10. The molecule has 3 N–H and O–H groups in total. The van der Waals surface area contributed by atoms with E-state index in [9.17, 15) is 0 Å². The first-order valence-corrected chi connectivity index (χ1v) is 4.76. The fourth-order valence-electron chi connectivity index (χ4n) is 1.15. The first-order chi connectivity index (χ1) is 7.78. The zero-order valence-corrected chi connectivity index (χ0v) is 8.50.